The minimum atomic E-state index is -3.50. The van der Waals surface area contributed by atoms with Gasteiger partial charge in [-0.2, -0.15) is 0 Å². The Balaban J connectivity index is 1.95. The molecule has 0 aromatic heterocycles. The maximum Gasteiger partial charge on any atom is 0.241 e. The molecule has 5 nitrogen and oxygen atoms in total. The van der Waals surface area contributed by atoms with Crippen LogP contribution in [-0.4, -0.2) is 52.7 Å². The fourth-order valence-electron chi connectivity index (χ4n) is 1.92. The van der Waals surface area contributed by atoms with E-state index >= 15 is 0 Å². The molecule has 1 aromatic carbocycles. The van der Waals surface area contributed by atoms with Crippen LogP contribution in [0, 0.1) is 0 Å². The van der Waals surface area contributed by atoms with E-state index in [0.29, 0.717) is 30.8 Å². The maximum absolute atomic E-state index is 12.2. The van der Waals surface area contributed by atoms with E-state index in [0.717, 1.165) is 17.6 Å². The molecule has 0 spiro atoms. The summed E-state index contributed by atoms with van der Waals surface area (Å²) in [5.41, 5.74) is 0. The highest BCUT2D eigenvalue weighted by molar-refractivity contribution is 9.11. The quantitative estimate of drug-likeness (QED) is 0.778. The summed E-state index contributed by atoms with van der Waals surface area (Å²) in [6, 6.07) is 5.08. The molecule has 0 atom stereocenters. The van der Waals surface area contributed by atoms with Gasteiger partial charge in [0, 0.05) is 35.1 Å². The summed E-state index contributed by atoms with van der Waals surface area (Å²) in [6.45, 7) is 4.20. The Morgan fingerprint density at radius 3 is 2.65 bits per heavy atom. The summed E-state index contributed by atoms with van der Waals surface area (Å²) >= 11 is 6.55. The second kappa shape index (κ2) is 7.33. The van der Waals surface area contributed by atoms with E-state index in [1.807, 2.05) is 0 Å². The minimum Gasteiger partial charge on any atom is -0.379 e. The second-order valence-corrected chi connectivity index (χ2v) is 7.93. The number of ether oxygens (including phenoxy) is 1. The van der Waals surface area contributed by atoms with Crippen molar-refractivity contribution in [3.63, 3.8) is 0 Å². The number of benzene rings is 1. The third-order valence-corrected chi connectivity index (χ3v) is 5.95. The first kappa shape index (κ1) is 16.4. The van der Waals surface area contributed by atoms with Gasteiger partial charge in [0.05, 0.1) is 18.1 Å². The van der Waals surface area contributed by atoms with Gasteiger partial charge >= 0.3 is 0 Å². The summed E-state index contributed by atoms with van der Waals surface area (Å²) in [7, 11) is -3.50. The molecule has 0 saturated carbocycles. The highest BCUT2D eigenvalue weighted by Gasteiger charge is 2.18. The average molecular weight is 428 g/mol. The molecule has 112 valence electrons. The molecule has 20 heavy (non-hydrogen) atoms. The van der Waals surface area contributed by atoms with Gasteiger partial charge in [-0.15, -0.1) is 0 Å². The summed E-state index contributed by atoms with van der Waals surface area (Å²) in [4.78, 5) is 2.43. The van der Waals surface area contributed by atoms with Crippen molar-refractivity contribution in [2.75, 3.05) is 39.4 Å². The number of morpholine rings is 1. The van der Waals surface area contributed by atoms with Crippen LogP contribution >= 0.6 is 31.9 Å². The predicted octanol–water partition coefficient (Wildman–Crippen LogP) is 1.82. The van der Waals surface area contributed by atoms with E-state index in [-0.39, 0.29) is 4.90 Å². The monoisotopic (exact) mass is 426 g/mol. The molecule has 1 N–H and O–H groups in total. The molecule has 1 fully saturated rings. The van der Waals surface area contributed by atoms with Crippen molar-refractivity contribution in [2.24, 2.45) is 0 Å². The smallest absolute Gasteiger partial charge is 0.241 e. The second-order valence-electron chi connectivity index (χ2n) is 4.43. The minimum absolute atomic E-state index is 0.244. The SMILES string of the molecule is O=S(=O)(NCCN1CCOCC1)c1cc(Br)ccc1Br. The van der Waals surface area contributed by atoms with Crippen molar-refractivity contribution < 1.29 is 13.2 Å². The lowest BCUT2D eigenvalue weighted by Gasteiger charge is -2.26. The molecular weight excluding hydrogens is 412 g/mol. The lowest BCUT2D eigenvalue weighted by atomic mass is 10.4. The topological polar surface area (TPSA) is 58.6 Å². The molecule has 1 saturated heterocycles. The number of hydrogen-bond donors (Lipinski definition) is 1. The summed E-state index contributed by atoms with van der Waals surface area (Å²) in [5.74, 6) is 0. The van der Waals surface area contributed by atoms with Crippen LogP contribution in [0.3, 0.4) is 0 Å². The Kier molecular flexibility index (Phi) is 6.00. The van der Waals surface area contributed by atoms with Crippen LogP contribution in [0.5, 0.6) is 0 Å². The van der Waals surface area contributed by atoms with Gasteiger partial charge in [0.25, 0.3) is 0 Å². The molecule has 0 amide bonds. The molecule has 0 bridgehead atoms. The van der Waals surface area contributed by atoms with Crippen molar-refractivity contribution in [1.29, 1.82) is 0 Å². The summed E-state index contributed by atoms with van der Waals surface area (Å²) in [6.07, 6.45) is 0. The Hall–Kier alpha value is 0.01000. The van der Waals surface area contributed by atoms with Gasteiger partial charge in [-0.05, 0) is 34.1 Å². The normalized spacial score (nSPS) is 17.3. The standard InChI is InChI=1S/C12H16Br2N2O3S/c13-10-1-2-11(14)12(9-10)20(17,18)15-3-4-16-5-7-19-8-6-16/h1-2,9,15H,3-8H2. The maximum atomic E-state index is 12.2. The van der Waals surface area contributed by atoms with Crippen LogP contribution in [0.2, 0.25) is 0 Å². The molecule has 8 heteroatoms. The van der Waals surface area contributed by atoms with Gasteiger partial charge in [0.15, 0.2) is 0 Å². The van der Waals surface area contributed by atoms with Gasteiger partial charge in [-0.3, -0.25) is 4.90 Å². The molecule has 2 rings (SSSR count). The van der Waals surface area contributed by atoms with E-state index in [4.69, 9.17) is 4.74 Å². The Morgan fingerprint density at radius 2 is 1.95 bits per heavy atom. The van der Waals surface area contributed by atoms with E-state index in [1.165, 1.54) is 0 Å². The van der Waals surface area contributed by atoms with Crippen molar-refractivity contribution in [3.05, 3.63) is 27.1 Å². The largest absolute Gasteiger partial charge is 0.379 e. The molecule has 1 aliphatic heterocycles. The van der Waals surface area contributed by atoms with E-state index < -0.39 is 10.0 Å². The molecule has 0 aliphatic carbocycles. The van der Waals surface area contributed by atoms with Gasteiger partial charge in [-0.25, -0.2) is 13.1 Å². The summed E-state index contributed by atoms with van der Waals surface area (Å²) < 4.78 is 33.7. The van der Waals surface area contributed by atoms with Crippen LogP contribution in [0.25, 0.3) is 0 Å². The van der Waals surface area contributed by atoms with Gasteiger partial charge in [0.1, 0.15) is 0 Å². The molecule has 0 unspecified atom stereocenters. The van der Waals surface area contributed by atoms with Crippen LogP contribution in [0.15, 0.2) is 32.0 Å². The molecule has 0 radical (unpaired) electrons. The van der Waals surface area contributed by atoms with Crippen LogP contribution < -0.4 is 4.72 Å². The number of nitrogens with one attached hydrogen (secondary N) is 1. The van der Waals surface area contributed by atoms with Crippen LogP contribution in [0.4, 0.5) is 0 Å². The third-order valence-electron chi connectivity index (χ3n) is 3.01. The predicted molar refractivity (Wildman–Crippen MR) is 84.3 cm³/mol. The summed E-state index contributed by atoms with van der Waals surface area (Å²) in [5, 5.41) is 0. The Bertz CT molecular complexity index is 560. The number of hydrogen-bond acceptors (Lipinski definition) is 4. The van der Waals surface area contributed by atoms with E-state index in [2.05, 4.69) is 41.5 Å². The average Bonchev–Trinajstić information content (AvgIpc) is 2.42. The van der Waals surface area contributed by atoms with Crippen molar-refractivity contribution in [3.8, 4) is 0 Å². The highest BCUT2D eigenvalue weighted by Crippen LogP contribution is 2.25. The van der Waals surface area contributed by atoms with Crippen molar-refractivity contribution >= 4 is 41.9 Å². The number of rotatable bonds is 5. The number of nitrogens with zero attached hydrogens (tertiary/aromatic N) is 1. The van der Waals surface area contributed by atoms with Gasteiger partial charge < -0.3 is 4.74 Å². The number of sulfonamides is 1. The zero-order valence-corrected chi connectivity index (χ0v) is 14.8. The molecule has 1 aromatic rings. The lowest BCUT2D eigenvalue weighted by molar-refractivity contribution is 0.0390. The first-order valence-electron chi connectivity index (χ1n) is 6.24. The fourth-order valence-corrected chi connectivity index (χ4v) is 4.44. The van der Waals surface area contributed by atoms with Gasteiger partial charge in [0.2, 0.25) is 10.0 Å². The Morgan fingerprint density at radius 1 is 1.25 bits per heavy atom. The number of halogens is 2. The molecule has 1 heterocycles. The van der Waals surface area contributed by atoms with E-state index in [1.54, 1.807) is 18.2 Å². The zero-order valence-electron chi connectivity index (χ0n) is 10.8. The zero-order chi connectivity index (χ0) is 14.6. The fraction of sp³-hybridized carbons (Fsp3) is 0.500. The van der Waals surface area contributed by atoms with Crippen molar-refractivity contribution in [2.45, 2.75) is 4.90 Å². The first-order valence-corrected chi connectivity index (χ1v) is 9.31. The van der Waals surface area contributed by atoms with Crippen molar-refractivity contribution in [1.82, 2.24) is 9.62 Å². The van der Waals surface area contributed by atoms with Gasteiger partial charge in [-0.1, -0.05) is 15.9 Å². The highest BCUT2D eigenvalue weighted by atomic mass is 79.9. The van der Waals surface area contributed by atoms with Crippen LogP contribution in [-0.2, 0) is 14.8 Å². The molecule has 1 aliphatic rings. The lowest BCUT2D eigenvalue weighted by Crippen LogP contribution is -2.41. The third kappa shape index (κ3) is 4.51. The Labute approximate surface area is 136 Å². The first-order chi connectivity index (χ1) is 9.49. The molecular formula is C12H16Br2N2O3S. The van der Waals surface area contributed by atoms with E-state index in [9.17, 15) is 8.42 Å². The van der Waals surface area contributed by atoms with Crippen LogP contribution in [0.1, 0.15) is 0 Å².